The minimum Gasteiger partial charge on any atom is -0.232 e. The fourth-order valence-electron chi connectivity index (χ4n) is 0.461. The molecule has 0 aliphatic carbocycles. The van der Waals surface area contributed by atoms with Gasteiger partial charge >= 0.3 is 0 Å². The molecular weight excluding hydrogens is 227 g/mol. The molecule has 0 N–H and O–H groups in total. The van der Waals surface area contributed by atoms with Crippen molar-refractivity contribution in [3.05, 3.63) is 28.4 Å². The topological polar surface area (TPSA) is 25.8 Å². The van der Waals surface area contributed by atoms with Gasteiger partial charge in [0.2, 0.25) is 0 Å². The van der Waals surface area contributed by atoms with Crippen molar-refractivity contribution >= 4 is 28.7 Å². The molecule has 1 aromatic heterocycles. The molecule has 1 rings (SSSR count). The van der Waals surface area contributed by atoms with E-state index in [0.717, 1.165) is 9.53 Å². The Hall–Kier alpha value is -0.450. The minimum atomic E-state index is 0.755. The molecule has 0 atom stereocenters. The van der Waals surface area contributed by atoms with Gasteiger partial charge in [0.1, 0.15) is 0 Å². The average Bonchev–Trinajstić information content (AvgIpc) is 1.88. The number of aromatic nitrogens is 2. The Morgan fingerprint density at radius 2 is 2.44 bits per heavy atom. The van der Waals surface area contributed by atoms with E-state index in [1.54, 1.807) is 12.3 Å². The SMILES string of the molecule is C=Cc1ccnc(I)n1. The lowest BCUT2D eigenvalue weighted by Crippen LogP contribution is -1.86. The first-order valence-corrected chi connectivity index (χ1v) is 3.52. The molecule has 0 saturated heterocycles. The number of hydrogen-bond donors (Lipinski definition) is 0. The zero-order valence-electron chi connectivity index (χ0n) is 4.71. The molecule has 1 aromatic rings. The van der Waals surface area contributed by atoms with Crippen LogP contribution in [0, 0.1) is 3.83 Å². The Morgan fingerprint density at radius 3 is 2.89 bits per heavy atom. The molecule has 0 spiro atoms. The molecule has 1 heterocycles. The maximum atomic E-state index is 4.05. The van der Waals surface area contributed by atoms with Gasteiger partial charge in [0, 0.05) is 28.8 Å². The van der Waals surface area contributed by atoms with Gasteiger partial charge in [-0.05, 0) is 12.1 Å². The van der Waals surface area contributed by atoms with E-state index in [9.17, 15) is 0 Å². The Balaban J connectivity index is 3.07. The summed E-state index contributed by atoms with van der Waals surface area (Å²) in [5.41, 5.74) is 0.870. The lowest BCUT2D eigenvalue weighted by atomic mass is 10.4. The summed E-state index contributed by atoms with van der Waals surface area (Å²) in [6.07, 6.45) is 3.41. The molecule has 3 heteroatoms. The molecular formula is C6H5IN2. The molecule has 0 radical (unpaired) electrons. The highest BCUT2D eigenvalue weighted by atomic mass is 127. The summed E-state index contributed by atoms with van der Waals surface area (Å²) >= 11 is 2.06. The zero-order valence-corrected chi connectivity index (χ0v) is 6.87. The molecule has 9 heavy (non-hydrogen) atoms. The van der Waals surface area contributed by atoms with Gasteiger partial charge in [-0.3, -0.25) is 0 Å². The highest BCUT2D eigenvalue weighted by Gasteiger charge is 1.87. The van der Waals surface area contributed by atoms with Crippen LogP contribution in [0.2, 0.25) is 0 Å². The zero-order chi connectivity index (χ0) is 6.69. The first-order chi connectivity index (χ1) is 4.33. The van der Waals surface area contributed by atoms with Crippen LogP contribution in [-0.2, 0) is 0 Å². The standard InChI is InChI=1S/C6H5IN2/c1-2-5-3-4-8-6(7)9-5/h2-4H,1H2. The van der Waals surface area contributed by atoms with Crippen LogP contribution in [0.1, 0.15) is 5.69 Å². The van der Waals surface area contributed by atoms with Crippen molar-refractivity contribution in [1.82, 2.24) is 9.97 Å². The quantitative estimate of drug-likeness (QED) is 0.544. The van der Waals surface area contributed by atoms with E-state index in [-0.39, 0.29) is 0 Å². The molecule has 0 aliphatic heterocycles. The van der Waals surface area contributed by atoms with Crippen molar-refractivity contribution in [2.45, 2.75) is 0 Å². The fraction of sp³-hybridized carbons (Fsp3) is 0. The number of halogens is 1. The van der Waals surface area contributed by atoms with Crippen LogP contribution < -0.4 is 0 Å². The van der Waals surface area contributed by atoms with Crippen molar-refractivity contribution in [2.75, 3.05) is 0 Å². The highest BCUT2D eigenvalue weighted by Crippen LogP contribution is 1.98. The Labute approximate surface area is 67.2 Å². The highest BCUT2D eigenvalue weighted by molar-refractivity contribution is 14.1. The van der Waals surface area contributed by atoms with E-state index in [4.69, 9.17) is 0 Å². The second-order valence-electron chi connectivity index (χ2n) is 1.45. The van der Waals surface area contributed by atoms with Crippen LogP contribution in [0.5, 0.6) is 0 Å². The third-order valence-corrected chi connectivity index (χ3v) is 1.38. The maximum absolute atomic E-state index is 4.05. The van der Waals surface area contributed by atoms with E-state index < -0.39 is 0 Å². The second kappa shape index (κ2) is 2.91. The van der Waals surface area contributed by atoms with Gasteiger partial charge in [-0.15, -0.1) is 0 Å². The summed E-state index contributed by atoms with van der Waals surface area (Å²) < 4.78 is 0.755. The molecule has 46 valence electrons. The molecule has 0 saturated carbocycles. The summed E-state index contributed by atoms with van der Waals surface area (Å²) in [4.78, 5) is 7.96. The largest absolute Gasteiger partial charge is 0.232 e. The minimum absolute atomic E-state index is 0.755. The summed E-state index contributed by atoms with van der Waals surface area (Å²) in [6, 6.07) is 1.81. The molecule has 0 bridgehead atoms. The molecule has 2 nitrogen and oxygen atoms in total. The van der Waals surface area contributed by atoms with Gasteiger partial charge in [-0.25, -0.2) is 9.97 Å². The first-order valence-electron chi connectivity index (χ1n) is 2.44. The third kappa shape index (κ3) is 1.74. The summed E-state index contributed by atoms with van der Waals surface area (Å²) in [7, 11) is 0. The van der Waals surface area contributed by atoms with Crippen molar-refractivity contribution in [2.24, 2.45) is 0 Å². The van der Waals surface area contributed by atoms with Gasteiger partial charge in [0.25, 0.3) is 0 Å². The Morgan fingerprint density at radius 1 is 1.67 bits per heavy atom. The second-order valence-corrected chi connectivity index (χ2v) is 2.42. The smallest absolute Gasteiger partial charge is 0.191 e. The van der Waals surface area contributed by atoms with Gasteiger partial charge in [0.15, 0.2) is 3.83 Å². The predicted molar refractivity (Wildman–Crippen MR) is 44.8 cm³/mol. The van der Waals surface area contributed by atoms with E-state index in [1.165, 1.54) is 0 Å². The van der Waals surface area contributed by atoms with E-state index in [0.29, 0.717) is 0 Å². The molecule has 0 aromatic carbocycles. The summed E-state index contributed by atoms with van der Waals surface area (Å²) in [5, 5.41) is 0. The number of hydrogen-bond acceptors (Lipinski definition) is 2. The van der Waals surface area contributed by atoms with Gasteiger partial charge in [-0.1, -0.05) is 6.58 Å². The van der Waals surface area contributed by atoms with E-state index in [2.05, 4.69) is 39.1 Å². The summed E-state index contributed by atoms with van der Waals surface area (Å²) in [6.45, 7) is 3.58. The van der Waals surface area contributed by atoms with Crippen molar-refractivity contribution in [3.63, 3.8) is 0 Å². The van der Waals surface area contributed by atoms with Crippen molar-refractivity contribution in [3.8, 4) is 0 Å². The number of nitrogens with zero attached hydrogens (tertiary/aromatic N) is 2. The Bertz CT molecular complexity index is 222. The normalized spacial score (nSPS) is 9.00. The van der Waals surface area contributed by atoms with Crippen LogP contribution in [-0.4, -0.2) is 9.97 Å². The van der Waals surface area contributed by atoms with E-state index >= 15 is 0 Å². The molecule has 0 amide bonds. The lowest BCUT2D eigenvalue weighted by Gasteiger charge is -1.89. The fourth-order valence-corrected chi connectivity index (χ4v) is 0.901. The van der Waals surface area contributed by atoms with Crippen LogP contribution >= 0.6 is 22.6 Å². The van der Waals surface area contributed by atoms with Gasteiger partial charge in [0.05, 0.1) is 5.69 Å². The predicted octanol–water partition coefficient (Wildman–Crippen LogP) is 1.72. The van der Waals surface area contributed by atoms with E-state index in [1.807, 2.05) is 6.07 Å². The van der Waals surface area contributed by atoms with Gasteiger partial charge < -0.3 is 0 Å². The Kier molecular flexibility index (Phi) is 2.16. The first kappa shape index (κ1) is 6.67. The van der Waals surface area contributed by atoms with Crippen LogP contribution in [0.15, 0.2) is 18.8 Å². The lowest BCUT2D eigenvalue weighted by molar-refractivity contribution is 1.09. The monoisotopic (exact) mass is 232 g/mol. The van der Waals surface area contributed by atoms with Crippen LogP contribution in [0.4, 0.5) is 0 Å². The molecule has 0 aliphatic rings. The third-order valence-electron chi connectivity index (χ3n) is 0.857. The van der Waals surface area contributed by atoms with Gasteiger partial charge in [-0.2, -0.15) is 0 Å². The van der Waals surface area contributed by atoms with Crippen molar-refractivity contribution in [1.29, 1.82) is 0 Å². The van der Waals surface area contributed by atoms with Crippen LogP contribution in [0.25, 0.3) is 6.08 Å². The van der Waals surface area contributed by atoms with Crippen LogP contribution in [0.3, 0.4) is 0 Å². The number of rotatable bonds is 1. The maximum Gasteiger partial charge on any atom is 0.191 e. The molecule has 0 unspecified atom stereocenters. The average molecular weight is 232 g/mol. The summed E-state index contributed by atoms with van der Waals surface area (Å²) in [5.74, 6) is 0. The molecule has 0 fully saturated rings. The van der Waals surface area contributed by atoms with Crippen molar-refractivity contribution < 1.29 is 0 Å².